The molecular weight excluding hydrogens is 302 g/mol. The molecule has 1 aromatic rings. The van der Waals surface area contributed by atoms with Crippen molar-refractivity contribution in [1.82, 2.24) is 4.90 Å². The summed E-state index contributed by atoms with van der Waals surface area (Å²) in [6.07, 6.45) is 7.32. The highest BCUT2D eigenvalue weighted by Gasteiger charge is 2.22. The van der Waals surface area contributed by atoms with Crippen molar-refractivity contribution in [2.45, 2.75) is 6.42 Å². The lowest BCUT2D eigenvalue weighted by Crippen LogP contribution is -2.30. The number of carbonyl (C=O) groups excluding carboxylic acids is 1. The number of carbonyl (C=O) groups is 1. The summed E-state index contributed by atoms with van der Waals surface area (Å²) >= 11 is 5.91. The van der Waals surface area contributed by atoms with Crippen molar-refractivity contribution < 1.29 is 15.0 Å². The van der Waals surface area contributed by atoms with Crippen LogP contribution < -0.4 is 5.11 Å². The van der Waals surface area contributed by atoms with Crippen molar-refractivity contribution in [3.8, 4) is 0 Å². The summed E-state index contributed by atoms with van der Waals surface area (Å²) in [6.45, 7) is -0.194. The lowest BCUT2D eigenvalue weighted by Gasteiger charge is -2.33. The largest absolute Gasteiger partial charge is 0.545 e. The second-order valence-electron chi connectivity index (χ2n) is 5.00. The minimum atomic E-state index is -1.24. The molecule has 2 heterocycles. The highest BCUT2D eigenvalue weighted by molar-refractivity contribution is 6.30. The summed E-state index contributed by atoms with van der Waals surface area (Å²) in [5, 5.41) is 21.5. The third kappa shape index (κ3) is 2.58. The number of hydrogen-bond acceptors (Lipinski definition) is 4. The van der Waals surface area contributed by atoms with E-state index < -0.39 is 5.97 Å². The number of fused-ring (bicyclic) bond motifs is 1. The molecule has 4 nitrogen and oxygen atoms in total. The van der Waals surface area contributed by atoms with Gasteiger partial charge in [-0.3, -0.25) is 0 Å². The number of aliphatic hydroxyl groups excluding tert-OH is 1. The number of nitrogens with zero attached hydrogens (tertiary/aromatic N) is 1. The van der Waals surface area contributed by atoms with Gasteiger partial charge < -0.3 is 19.9 Å². The molecule has 1 N–H and O–H groups in total. The highest BCUT2D eigenvalue weighted by atomic mass is 35.5. The topological polar surface area (TPSA) is 63.6 Å². The average Bonchev–Trinajstić information content (AvgIpc) is 2.54. The Bertz CT molecular complexity index is 742. The Morgan fingerprint density at radius 3 is 2.64 bits per heavy atom. The Hall–Kier alpha value is -2.30. The standard InChI is InChI=1S/C17H14ClNO3/c18-13-4-1-11(2-5-13)15-8-7-14-6-3-12(17(21)22)9-19(14)16(15)10-20/h1-7,9,20H,8,10H2,(H,21,22)/p-1. The van der Waals surface area contributed by atoms with Crippen LogP contribution in [-0.2, 0) is 4.79 Å². The maximum Gasteiger partial charge on any atom is 0.0839 e. The molecule has 0 aliphatic carbocycles. The Morgan fingerprint density at radius 2 is 2.00 bits per heavy atom. The van der Waals surface area contributed by atoms with Gasteiger partial charge in [0.25, 0.3) is 0 Å². The van der Waals surface area contributed by atoms with Crippen LogP contribution in [0.25, 0.3) is 5.57 Å². The minimum absolute atomic E-state index is 0.0699. The first-order valence-electron chi connectivity index (χ1n) is 6.79. The van der Waals surface area contributed by atoms with Crippen molar-refractivity contribution in [1.29, 1.82) is 0 Å². The van der Waals surface area contributed by atoms with Gasteiger partial charge in [0.2, 0.25) is 0 Å². The van der Waals surface area contributed by atoms with Crippen molar-refractivity contribution in [2.24, 2.45) is 0 Å². The molecule has 0 fully saturated rings. The third-order valence-corrected chi connectivity index (χ3v) is 3.96. The molecule has 22 heavy (non-hydrogen) atoms. The van der Waals surface area contributed by atoms with Crippen molar-refractivity contribution in [3.05, 3.63) is 76.2 Å². The molecule has 5 heteroatoms. The Kier molecular flexibility index (Phi) is 3.88. The van der Waals surface area contributed by atoms with Gasteiger partial charge in [-0.1, -0.05) is 29.8 Å². The summed E-state index contributed by atoms with van der Waals surface area (Å²) in [4.78, 5) is 12.7. The lowest BCUT2D eigenvalue weighted by atomic mass is 9.95. The Balaban J connectivity index is 2.06. The monoisotopic (exact) mass is 314 g/mol. The van der Waals surface area contributed by atoms with Crippen LogP contribution in [0.15, 0.2) is 65.7 Å². The summed E-state index contributed by atoms with van der Waals surface area (Å²) in [7, 11) is 0. The maximum atomic E-state index is 11.0. The molecule has 2 aliphatic rings. The first-order valence-corrected chi connectivity index (χ1v) is 7.17. The van der Waals surface area contributed by atoms with E-state index >= 15 is 0 Å². The number of aliphatic carboxylic acids is 1. The van der Waals surface area contributed by atoms with E-state index in [2.05, 4.69) is 0 Å². The van der Waals surface area contributed by atoms with Crippen LogP contribution in [0.3, 0.4) is 0 Å². The first kappa shape index (κ1) is 14.6. The quantitative estimate of drug-likeness (QED) is 0.924. The SMILES string of the molecule is O=C([O-])C1=CN2C(=CCC(c3ccc(Cl)cc3)=C2CO)C=C1. The Labute approximate surface area is 132 Å². The van der Waals surface area contributed by atoms with Gasteiger partial charge in [0.15, 0.2) is 0 Å². The molecule has 0 saturated heterocycles. The zero-order chi connectivity index (χ0) is 15.7. The van der Waals surface area contributed by atoms with E-state index in [1.807, 2.05) is 18.2 Å². The van der Waals surface area contributed by atoms with E-state index in [0.717, 1.165) is 16.8 Å². The van der Waals surface area contributed by atoms with Gasteiger partial charge in [-0.05, 0) is 41.8 Å². The summed E-state index contributed by atoms with van der Waals surface area (Å²) in [6, 6.07) is 7.35. The molecule has 0 amide bonds. The van der Waals surface area contributed by atoms with Gasteiger partial charge in [0.05, 0.1) is 18.3 Å². The average molecular weight is 315 g/mol. The van der Waals surface area contributed by atoms with E-state index in [4.69, 9.17) is 11.6 Å². The van der Waals surface area contributed by atoms with Crippen LogP contribution in [0.1, 0.15) is 12.0 Å². The van der Waals surface area contributed by atoms with E-state index in [1.54, 1.807) is 23.1 Å². The first-order chi connectivity index (χ1) is 10.6. The molecule has 0 bridgehead atoms. The van der Waals surface area contributed by atoms with Crippen LogP contribution in [0.2, 0.25) is 5.02 Å². The predicted molar refractivity (Wildman–Crippen MR) is 82.2 cm³/mol. The molecule has 0 aromatic heterocycles. The van der Waals surface area contributed by atoms with E-state index in [9.17, 15) is 15.0 Å². The molecule has 2 aliphatic heterocycles. The van der Waals surface area contributed by atoms with Crippen LogP contribution >= 0.6 is 11.6 Å². The van der Waals surface area contributed by atoms with Crippen molar-refractivity contribution in [3.63, 3.8) is 0 Å². The zero-order valence-corrected chi connectivity index (χ0v) is 12.4. The second kappa shape index (κ2) is 5.83. The van der Waals surface area contributed by atoms with Crippen LogP contribution in [0, 0.1) is 0 Å². The highest BCUT2D eigenvalue weighted by Crippen LogP contribution is 2.35. The number of aliphatic hydroxyl groups is 1. The smallest absolute Gasteiger partial charge is 0.0839 e. The predicted octanol–water partition coefficient (Wildman–Crippen LogP) is 1.84. The van der Waals surface area contributed by atoms with Crippen LogP contribution in [-0.4, -0.2) is 22.6 Å². The molecule has 112 valence electrons. The summed E-state index contributed by atoms with van der Waals surface area (Å²) in [5.41, 5.74) is 3.45. The zero-order valence-electron chi connectivity index (χ0n) is 11.6. The molecular formula is C17H13ClNO3-. The lowest BCUT2D eigenvalue weighted by molar-refractivity contribution is -0.298. The van der Waals surface area contributed by atoms with E-state index in [-0.39, 0.29) is 12.2 Å². The Morgan fingerprint density at radius 1 is 1.27 bits per heavy atom. The van der Waals surface area contributed by atoms with Crippen LogP contribution in [0.4, 0.5) is 0 Å². The van der Waals surface area contributed by atoms with Gasteiger partial charge in [0, 0.05) is 22.5 Å². The van der Waals surface area contributed by atoms with Gasteiger partial charge in [-0.2, -0.15) is 0 Å². The number of allylic oxidation sites excluding steroid dienone is 3. The number of carboxylic acid groups (broad SMARTS) is 1. The molecule has 0 spiro atoms. The van der Waals surface area contributed by atoms with Crippen molar-refractivity contribution >= 4 is 23.1 Å². The van der Waals surface area contributed by atoms with Crippen LogP contribution in [0.5, 0.6) is 0 Å². The summed E-state index contributed by atoms with van der Waals surface area (Å²) < 4.78 is 0. The van der Waals surface area contributed by atoms with E-state index in [1.165, 1.54) is 12.3 Å². The number of halogens is 1. The van der Waals surface area contributed by atoms with Gasteiger partial charge in [-0.15, -0.1) is 0 Å². The fourth-order valence-electron chi connectivity index (χ4n) is 2.61. The van der Waals surface area contributed by atoms with Gasteiger partial charge in [0.1, 0.15) is 0 Å². The van der Waals surface area contributed by atoms with Gasteiger partial charge in [-0.25, -0.2) is 0 Å². The number of benzene rings is 1. The molecule has 0 atom stereocenters. The number of rotatable bonds is 3. The maximum absolute atomic E-state index is 11.0. The molecule has 0 saturated carbocycles. The fourth-order valence-corrected chi connectivity index (χ4v) is 2.74. The minimum Gasteiger partial charge on any atom is -0.545 e. The molecule has 0 radical (unpaired) electrons. The summed E-state index contributed by atoms with van der Waals surface area (Å²) in [5.74, 6) is -1.24. The van der Waals surface area contributed by atoms with Gasteiger partial charge >= 0.3 is 0 Å². The van der Waals surface area contributed by atoms with Crippen molar-refractivity contribution in [2.75, 3.05) is 6.61 Å². The normalized spacial score (nSPS) is 17.1. The fraction of sp³-hybridized carbons (Fsp3) is 0.118. The molecule has 1 aromatic carbocycles. The number of carboxylic acids is 1. The molecule has 3 rings (SSSR count). The number of hydrogen-bond donors (Lipinski definition) is 1. The van der Waals surface area contributed by atoms with E-state index in [0.29, 0.717) is 17.1 Å². The third-order valence-electron chi connectivity index (χ3n) is 3.71. The molecule has 0 unspecified atom stereocenters. The second-order valence-corrected chi connectivity index (χ2v) is 5.44.